The average Bonchev–Trinajstić information content (AvgIpc) is 2.77. The van der Waals surface area contributed by atoms with Crippen LogP contribution in [0, 0.1) is 0 Å². The molecule has 1 heterocycles. The van der Waals surface area contributed by atoms with Crippen molar-refractivity contribution in [2.45, 2.75) is 6.61 Å². The Bertz CT molecular complexity index is 434. The Hall–Kier alpha value is -1.81. The fourth-order valence-electron chi connectivity index (χ4n) is 1.38. The Morgan fingerprint density at radius 1 is 1.27 bits per heavy atom. The Balaban J connectivity index is 2.37. The third-order valence-corrected chi connectivity index (χ3v) is 2.18. The van der Waals surface area contributed by atoms with Crippen molar-refractivity contribution in [3.8, 4) is 11.6 Å². The van der Waals surface area contributed by atoms with Crippen LogP contribution in [0.4, 0.5) is 0 Å². The summed E-state index contributed by atoms with van der Waals surface area (Å²) in [4.78, 5) is 0. The molecule has 0 spiro atoms. The predicted octanol–water partition coefficient (Wildman–Crippen LogP) is 1.37. The molecular formula is C11H12N2O2. The van der Waals surface area contributed by atoms with Gasteiger partial charge in [-0.05, 0) is 17.7 Å². The minimum absolute atomic E-state index is 0.0521. The zero-order chi connectivity index (χ0) is 10.7. The third-order valence-electron chi connectivity index (χ3n) is 2.18. The van der Waals surface area contributed by atoms with Gasteiger partial charge >= 0.3 is 0 Å². The third kappa shape index (κ3) is 1.85. The van der Waals surface area contributed by atoms with Crippen molar-refractivity contribution < 1.29 is 9.84 Å². The first-order valence-electron chi connectivity index (χ1n) is 4.63. The number of benzene rings is 1. The molecule has 15 heavy (non-hydrogen) atoms. The van der Waals surface area contributed by atoms with Gasteiger partial charge in [0.15, 0.2) is 0 Å². The molecule has 0 unspecified atom stereocenters. The number of ether oxygens (including phenoxy) is 1. The van der Waals surface area contributed by atoms with Crippen LogP contribution in [0.3, 0.4) is 0 Å². The van der Waals surface area contributed by atoms with E-state index in [2.05, 4.69) is 5.10 Å². The van der Waals surface area contributed by atoms with E-state index in [9.17, 15) is 0 Å². The summed E-state index contributed by atoms with van der Waals surface area (Å²) in [6, 6.07) is 9.29. The zero-order valence-electron chi connectivity index (χ0n) is 8.42. The van der Waals surface area contributed by atoms with Crippen LogP contribution in [-0.2, 0) is 6.61 Å². The van der Waals surface area contributed by atoms with Crippen molar-refractivity contribution in [3.05, 3.63) is 42.1 Å². The van der Waals surface area contributed by atoms with Crippen molar-refractivity contribution in [2.75, 3.05) is 7.11 Å². The number of hydrogen-bond acceptors (Lipinski definition) is 3. The van der Waals surface area contributed by atoms with Gasteiger partial charge in [-0.2, -0.15) is 5.10 Å². The first-order valence-corrected chi connectivity index (χ1v) is 4.63. The van der Waals surface area contributed by atoms with E-state index in [1.807, 2.05) is 24.3 Å². The first-order chi connectivity index (χ1) is 7.35. The SMILES string of the molecule is COc1ccnn1-c1ccc(CO)cc1. The van der Waals surface area contributed by atoms with Gasteiger partial charge in [0.1, 0.15) is 0 Å². The minimum Gasteiger partial charge on any atom is -0.481 e. The van der Waals surface area contributed by atoms with Gasteiger partial charge in [-0.3, -0.25) is 0 Å². The molecule has 0 fully saturated rings. The summed E-state index contributed by atoms with van der Waals surface area (Å²) in [7, 11) is 1.61. The second kappa shape index (κ2) is 4.14. The topological polar surface area (TPSA) is 47.3 Å². The van der Waals surface area contributed by atoms with Crippen LogP contribution in [0.25, 0.3) is 5.69 Å². The van der Waals surface area contributed by atoms with E-state index in [0.29, 0.717) is 5.88 Å². The van der Waals surface area contributed by atoms with Gasteiger partial charge in [0.2, 0.25) is 5.88 Å². The Kier molecular flexibility index (Phi) is 2.69. The molecule has 0 radical (unpaired) electrons. The molecule has 0 aliphatic heterocycles. The fraction of sp³-hybridized carbons (Fsp3) is 0.182. The number of methoxy groups -OCH3 is 1. The maximum Gasteiger partial charge on any atom is 0.216 e. The Morgan fingerprint density at radius 3 is 2.60 bits per heavy atom. The lowest BCUT2D eigenvalue weighted by Gasteiger charge is -2.06. The number of rotatable bonds is 3. The first kappa shape index (κ1) is 9.73. The lowest BCUT2D eigenvalue weighted by molar-refractivity contribution is 0.282. The predicted molar refractivity (Wildman–Crippen MR) is 56.0 cm³/mol. The van der Waals surface area contributed by atoms with E-state index in [0.717, 1.165) is 11.3 Å². The molecule has 1 N–H and O–H groups in total. The molecule has 2 aromatic rings. The van der Waals surface area contributed by atoms with Crippen molar-refractivity contribution in [1.29, 1.82) is 0 Å². The number of hydrogen-bond donors (Lipinski definition) is 1. The minimum atomic E-state index is 0.0521. The van der Waals surface area contributed by atoms with Crippen molar-refractivity contribution in [1.82, 2.24) is 9.78 Å². The maximum absolute atomic E-state index is 8.91. The number of aliphatic hydroxyl groups is 1. The molecule has 0 atom stereocenters. The van der Waals surface area contributed by atoms with E-state index >= 15 is 0 Å². The fourth-order valence-corrected chi connectivity index (χ4v) is 1.38. The molecule has 0 aliphatic rings. The van der Waals surface area contributed by atoms with Gasteiger partial charge in [0.05, 0.1) is 25.6 Å². The summed E-state index contributed by atoms with van der Waals surface area (Å²) >= 11 is 0. The van der Waals surface area contributed by atoms with E-state index in [1.54, 1.807) is 24.1 Å². The van der Waals surface area contributed by atoms with Crippen molar-refractivity contribution in [2.24, 2.45) is 0 Å². The van der Waals surface area contributed by atoms with Gasteiger partial charge in [0, 0.05) is 6.07 Å². The molecule has 1 aromatic carbocycles. The Labute approximate surface area is 87.7 Å². The number of aromatic nitrogens is 2. The normalized spacial score (nSPS) is 10.3. The monoisotopic (exact) mass is 204 g/mol. The maximum atomic E-state index is 8.91. The number of aliphatic hydroxyl groups excluding tert-OH is 1. The van der Waals surface area contributed by atoms with Gasteiger partial charge in [-0.15, -0.1) is 0 Å². The summed E-state index contributed by atoms with van der Waals surface area (Å²) in [5.74, 6) is 0.687. The highest BCUT2D eigenvalue weighted by Crippen LogP contribution is 2.16. The quantitative estimate of drug-likeness (QED) is 0.821. The van der Waals surface area contributed by atoms with E-state index in [-0.39, 0.29) is 6.61 Å². The molecule has 0 saturated carbocycles. The van der Waals surface area contributed by atoms with Crippen LogP contribution in [0.1, 0.15) is 5.56 Å². The molecule has 0 bridgehead atoms. The molecule has 4 nitrogen and oxygen atoms in total. The molecular weight excluding hydrogens is 192 g/mol. The highest BCUT2D eigenvalue weighted by Gasteiger charge is 2.03. The van der Waals surface area contributed by atoms with Crippen molar-refractivity contribution in [3.63, 3.8) is 0 Å². The largest absolute Gasteiger partial charge is 0.481 e. The standard InChI is InChI=1S/C11H12N2O2/c1-15-11-6-7-12-13(11)10-4-2-9(8-14)3-5-10/h2-7,14H,8H2,1H3. The Morgan fingerprint density at radius 2 is 2.00 bits per heavy atom. The van der Waals surface area contributed by atoms with Crippen LogP contribution in [0.5, 0.6) is 5.88 Å². The zero-order valence-corrected chi connectivity index (χ0v) is 8.42. The second-order valence-electron chi connectivity index (χ2n) is 3.11. The summed E-state index contributed by atoms with van der Waals surface area (Å²) in [6.07, 6.45) is 1.68. The van der Waals surface area contributed by atoms with E-state index in [1.165, 1.54) is 0 Å². The van der Waals surface area contributed by atoms with Crippen LogP contribution < -0.4 is 4.74 Å². The highest BCUT2D eigenvalue weighted by molar-refractivity contribution is 5.36. The van der Waals surface area contributed by atoms with Gasteiger partial charge in [0.25, 0.3) is 0 Å². The molecule has 0 aliphatic carbocycles. The van der Waals surface area contributed by atoms with Crippen LogP contribution in [0.15, 0.2) is 36.5 Å². The summed E-state index contributed by atoms with van der Waals surface area (Å²) < 4.78 is 6.84. The van der Waals surface area contributed by atoms with Crippen LogP contribution >= 0.6 is 0 Å². The summed E-state index contributed by atoms with van der Waals surface area (Å²) in [5.41, 5.74) is 1.79. The van der Waals surface area contributed by atoms with Crippen molar-refractivity contribution >= 4 is 0 Å². The molecule has 2 rings (SSSR count). The summed E-state index contributed by atoms with van der Waals surface area (Å²) in [5, 5.41) is 13.1. The lowest BCUT2D eigenvalue weighted by Crippen LogP contribution is -1.99. The molecule has 78 valence electrons. The number of nitrogens with zero attached hydrogens (tertiary/aromatic N) is 2. The lowest BCUT2D eigenvalue weighted by atomic mass is 10.2. The van der Waals surface area contributed by atoms with Gasteiger partial charge < -0.3 is 9.84 Å². The summed E-state index contributed by atoms with van der Waals surface area (Å²) in [6.45, 7) is 0.0521. The molecule has 4 heteroatoms. The van der Waals surface area contributed by atoms with Crippen LogP contribution in [-0.4, -0.2) is 22.0 Å². The smallest absolute Gasteiger partial charge is 0.216 e. The van der Waals surface area contributed by atoms with E-state index in [4.69, 9.17) is 9.84 Å². The van der Waals surface area contributed by atoms with Gasteiger partial charge in [-0.1, -0.05) is 12.1 Å². The molecule has 0 amide bonds. The second-order valence-corrected chi connectivity index (χ2v) is 3.11. The van der Waals surface area contributed by atoms with Gasteiger partial charge in [-0.25, -0.2) is 4.68 Å². The van der Waals surface area contributed by atoms with Crippen LogP contribution in [0.2, 0.25) is 0 Å². The molecule has 0 saturated heterocycles. The molecule has 1 aromatic heterocycles. The van der Waals surface area contributed by atoms with E-state index < -0.39 is 0 Å². The average molecular weight is 204 g/mol. The highest BCUT2D eigenvalue weighted by atomic mass is 16.5.